The van der Waals surface area contributed by atoms with Gasteiger partial charge in [0.15, 0.2) is 0 Å². The van der Waals surface area contributed by atoms with Crippen molar-refractivity contribution in [2.24, 2.45) is 0 Å². The van der Waals surface area contributed by atoms with Crippen LogP contribution in [0.5, 0.6) is 0 Å². The molecule has 1 rings (SSSR count). The molecule has 0 aromatic heterocycles. The molecule has 1 atom stereocenters. The summed E-state index contributed by atoms with van der Waals surface area (Å²) in [7, 11) is 0. The lowest BCUT2D eigenvalue weighted by atomic mass is 9.91. The number of hydrogen-bond acceptors (Lipinski definition) is 1. The molecule has 1 unspecified atom stereocenters. The van der Waals surface area contributed by atoms with Gasteiger partial charge in [-0.3, -0.25) is 0 Å². The Morgan fingerprint density at radius 1 is 1.47 bits per heavy atom. The van der Waals surface area contributed by atoms with Crippen LogP contribution in [0.4, 0.5) is 4.39 Å². The van der Waals surface area contributed by atoms with Gasteiger partial charge in [0, 0.05) is 6.42 Å². The van der Waals surface area contributed by atoms with Crippen LogP contribution in [0.3, 0.4) is 0 Å². The fraction of sp³-hybridized carbons (Fsp3) is 0.154. The maximum absolute atomic E-state index is 12.7. The SMILES string of the molecule is C#CCC(O)(C=C=C)c1ccc(F)cc1. The smallest absolute Gasteiger partial charge is 0.126 e. The van der Waals surface area contributed by atoms with Gasteiger partial charge in [-0.05, 0) is 23.8 Å². The van der Waals surface area contributed by atoms with Gasteiger partial charge in [0.05, 0.1) is 0 Å². The third-order valence-corrected chi connectivity index (χ3v) is 2.06. The van der Waals surface area contributed by atoms with Crippen molar-refractivity contribution in [1.29, 1.82) is 0 Å². The van der Waals surface area contributed by atoms with Crippen molar-refractivity contribution >= 4 is 0 Å². The third kappa shape index (κ3) is 2.57. The Kier molecular flexibility index (Phi) is 3.46. The Morgan fingerprint density at radius 3 is 2.53 bits per heavy atom. The van der Waals surface area contributed by atoms with Gasteiger partial charge in [-0.1, -0.05) is 18.7 Å². The number of terminal acetylenes is 1. The van der Waals surface area contributed by atoms with Crippen LogP contribution in [0.15, 0.2) is 42.7 Å². The molecule has 76 valence electrons. The molecule has 0 aliphatic carbocycles. The van der Waals surface area contributed by atoms with E-state index in [-0.39, 0.29) is 12.2 Å². The van der Waals surface area contributed by atoms with Crippen LogP contribution < -0.4 is 0 Å². The molecule has 0 aliphatic rings. The average molecular weight is 202 g/mol. The van der Waals surface area contributed by atoms with E-state index in [1.54, 1.807) is 0 Å². The summed E-state index contributed by atoms with van der Waals surface area (Å²) in [6.45, 7) is 3.39. The van der Waals surface area contributed by atoms with Gasteiger partial charge in [0.2, 0.25) is 0 Å². The first kappa shape index (κ1) is 11.3. The molecule has 0 saturated carbocycles. The van der Waals surface area contributed by atoms with Crippen molar-refractivity contribution in [3.8, 4) is 12.3 Å². The summed E-state index contributed by atoms with van der Waals surface area (Å²) in [6, 6.07) is 5.52. The minimum absolute atomic E-state index is 0.0984. The zero-order valence-corrected chi connectivity index (χ0v) is 8.20. The first-order valence-electron chi connectivity index (χ1n) is 4.41. The van der Waals surface area contributed by atoms with Gasteiger partial charge in [0.25, 0.3) is 0 Å². The van der Waals surface area contributed by atoms with E-state index in [4.69, 9.17) is 6.42 Å². The third-order valence-electron chi connectivity index (χ3n) is 2.06. The topological polar surface area (TPSA) is 20.2 Å². The second-order valence-corrected chi connectivity index (χ2v) is 3.16. The van der Waals surface area contributed by atoms with Gasteiger partial charge in [-0.2, -0.15) is 0 Å². The molecule has 15 heavy (non-hydrogen) atoms. The van der Waals surface area contributed by atoms with Crippen LogP contribution in [0.1, 0.15) is 12.0 Å². The molecule has 1 aromatic rings. The molecule has 1 N–H and O–H groups in total. The first-order valence-corrected chi connectivity index (χ1v) is 4.41. The van der Waals surface area contributed by atoms with E-state index in [1.807, 2.05) is 0 Å². The molecule has 1 nitrogen and oxygen atoms in total. The normalized spacial score (nSPS) is 13.4. The number of aliphatic hydroxyl groups is 1. The number of rotatable bonds is 3. The van der Waals surface area contributed by atoms with Crippen LogP contribution in [0.2, 0.25) is 0 Å². The zero-order chi connectivity index (χ0) is 11.3. The zero-order valence-electron chi connectivity index (χ0n) is 8.20. The van der Waals surface area contributed by atoms with Gasteiger partial charge in [-0.15, -0.1) is 18.1 Å². The summed E-state index contributed by atoms with van der Waals surface area (Å²) in [6.07, 6.45) is 6.63. The van der Waals surface area contributed by atoms with Crippen LogP contribution in [0.25, 0.3) is 0 Å². The van der Waals surface area contributed by atoms with Gasteiger partial charge in [-0.25, -0.2) is 4.39 Å². The minimum atomic E-state index is -1.32. The Labute approximate surface area is 88.6 Å². The maximum Gasteiger partial charge on any atom is 0.126 e. The summed E-state index contributed by atoms with van der Waals surface area (Å²) in [5, 5.41) is 10.2. The second-order valence-electron chi connectivity index (χ2n) is 3.16. The lowest BCUT2D eigenvalue weighted by Gasteiger charge is -2.21. The Bertz CT molecular complexity index is 421. The lowest BCUT2D eigenvalue weighted by molar-refractivity contribution is 0.0955. The predicted molar refractivity (Wildman–Crippen MR) is 57.5 cm³/mol. The highest BCUT2D eigenvalue weighted by Crippen LogP contribution is 2.26. The highest BCUT2D eigenvalue weighted by atomic mass is 19.1. The van der Waals surface area contributed by atoms with E-state index in [0.717, 1.165) is 0 Å². The maximum atomic E-state index is 12.7. The van der Waals surface area contributed by atoms with Crippen molar-refractivity contribution < 1.29 is 9.50 Å². The van der Waals surface area contributed by atoms with E-state index in [9.17, 15) is 9.50 Å². The van der Waals surface area contributed by atoms with E-state index in [0.29, 0.717) is 5.56 Å². The van der Waals surface area contributed by atoms with Gasteiger partial charge in [0.1, 0.15) is 11.4 Å². The monoisotopic (exact) mass is 202 g/mol. The minimum Gasteiger partial charge on any atom is -0.379 e. The summed E-state index contributed by atoms with van der Waals surface area (Å²) in [5.74, 6) is 2.01. The van der Waals surface area contributed by atoms with Crippen LogP contribution >= 0.6 is 0 Å². The molecule has 0 amide bonds. The Morgan fingerprint density at radius 2 is 2.07 bits per heavy atom. The average Bonchev–Trinajstić information content (AvgIpc) is 2.19. The van der Waals surface area contributed by atoms with Gasteiger partial charge >= 0.3 is 0 Å². The number of hydrogen-bond donors (Lipinski definition) is 1. The first-order chi connectivity index (χ1) is 7.12. The molecule has 0 bridgehead atoms. The molecule has 0 radical (unpaired) electrons. The van der Waals surface area contributed by atoms with Crippen molar-refractivity contribution in [3.63, 3.8) is 0 Å². The quantitative estimate of drug-likeness (QED) is 0.589. The van der Waals surface area contributed by atoms with E-state index in [1.165, 1.54) is 30.3 Å². The van der Waals surface area contributed by atoms with Crippen molar-refractivity contribution in [2.45, 2.75) is 12.0 Å². The summed E-state index contributed by atoms with van der Waals surface area (Å²) < 4.78 is 12.7. The molecule has 2 heteroatoms. The van der Waals surface area contributed by atoms with Crippen LogP contribution in [-0.2, 0) is 5.60 Å². The molecule has 0 saturated heterocycles. The van der Waals surface area contributed by atoms with E-state index < -0.39 is 5.60 Å². The van der Waals surface area contributed by atoms with Crippen molar-refractivity contribution in [3.05, 3.63) is 54.0 Å². The number of benzene rings is 1. The Hall–Kier alpha value is -1.81. The fourth-order valence-electron chi connectivity index (χ4n) is 1.30. The molecule has 0 fully saturated rings. The van der Waals surface area contributed by atoms with Crippen LogP contribution in [-0.4, -0.2) is 5.11 Å². The van der Waals surface area contributed by atoms with Gasteiger partial charge < -0.3 is 5.11 Å². The Balaban J connectivity index is 3.15. The molecular formula is C13H11FO. The molecule has 0 spiro atoms. The predicted octanol–water partition coefficient (Wildman–Crippen LogP) is 2.38. The van der Waals surface area contributed by atoms with Crippen molar-refractivity contribution in [2.75, 3.05) is 0 Å². The lowest BCUT2D eigenvalue weighted by Crippen LogP contribution is -2.21. The molecule has 0 aliphatic heterocycles. The second kappa shape index (κ2) is 4.61. The van der Waals surface area contributed by atoms with E-state index >= 15 is 0 Å². The number of halogens is 1. The highest BCUT2D eigenvalue weighted by molar-refractivity contribution is 5.29. The highest BCUT2D eigenvalue weighted by Gasteiger charge is 2.24. The largest absolute Gasteiger partial charge is 0.379 e. The summed E-state index contributed by atoms with van der Waals surface area (Å²) in [4.78, 5) is 0. The fourth-order valence-corrected chi connectivity index (χ4v) is 1.30. The van der Waals surface area contributed by atoms with Crippen molar-refractivity contribution in [1.82, 2.24) is 0 Å². The summed E-state index contributed by atoms with van der Waals surface area (Å²) >= 11 is 0. The molecule has 0 heterocycles. The molecular weight excluding hydrogens is 191 g/mol. The standard InChI is InChI=1S/C13H11FO/c1-3-9-13(15,10-4-2)11-5-7-12(14)8-6-11/h1,5-8,10,15H,2,9H2. The molecule has 1 aromatic carbocycles. The van der Waals surface area contributed by atoms with Crippen LogP contribution in [0, 0.1) is 18.2 Å². The summed E-state index contributed by atoms with van der Waals surface area (Å²) in [5.41, 5.74) is 1.70. The van der Waals surface area contributed by atoms with E-state index in [2.05, 4.69) is 18.2 Å².